The molecule has 0 saturated carbocycles. The third-order valence-electron chi connectivity index (χ3n) is 2.81. The maximum atomic E-state index is 13.2. The van der Waals surface area contributed by atoms with E-state index in [0.29, 0.717) is 0 Å². The SMILES string of the molecule is CCCCCCCc1ccc(C)c(F)c1. The molecule has 84 valence electrons. The molecule has 1 aromatic carbocycles. The molecule has 0 radical (unpaired) electrons. The van der Waals surface area contributed by atoms with Crippen molar-refractivity contribution in [2.45, 2.75) is 52.4 Å². The zero-order valence-electron chi connectivity index (χ0n) is 9.85. The molecular weight excluding hydrogens is 187 g/mol. The Bertz CT molecular complexity index is 291. The van der Waals surface area contributed by atoms with Crippen LogP contribution in [0.2, 0.25) is 0 Å². The lowest BCUT2D eigenvalue weighted by atomic mass is 10.0. The van der Waals surface area contributed by atoms with Crippen LogP contribution in [0.4, 0.5) is 4.39 Å². The normalized spacial score (nSPS) is 10.6. The first-order chi connectivity index (χ1) is 7.24. The van der Waals surface area contributed by atoms with Gasteiger partial charge >= 0.3 is 0 Å². The molecule has 0 aliphatic rings. The van der Waals surface area contributed by atoms with E-state index in [1.165, 1.54) is 32.1 Å². The molecule has 0 aliphatic carbocycles. The summed E-state index contributed by atoms with van der Waals surface area (Å²) in [4.78, 5) is 0. The van der Waals surface area contributed by atoms with Crippen LogP contribution in [-0.4, -0.2) is 0 Å². The second-order valence-electron chi connectivity index (χ2n) is 4.25. The van der Waals surface area contributed by atoms with E-state index in [-0.39, 0.29) is 5.82 Å². The molecule has 15 heavy (non-hydrogen) atoms. The molecule has 0 spiro atoms. The molecule has 0 bridgehead atoms. The first-order valence-corrected chi connectivity index (χ1v) is 5.99. The highest BCUT2D eigenvalue weighted by Crippen LogP contribution is 2.12. The summed E-state index contributed by atoms with van der Waals surface area (Å²) in [7, 11) is 0. The quantitative estimate of drug-likeness (QED) is 0.597. The van der Waals surface area contributed by atoms with Crippen LogP contribution in [0.5, 0.6) is 0 Å². The zero-order valence-corrected chi connectivity index (χ0v) is 9.85. The van der Waals surface area contributed by atoms with Gasteiger partial charge in [0, 0.05) is 0 Å². The Morgan fingerprint density at radius 3 is 2.47 bits per heavy atom. The highest BCUT2D eigenvalue weighted by Gasteiger charge is 1.99. The van der Waals surface area contributed by atoms with Gasteiger partial charge in [-0.3, -0.25) is 0 Å². The fourth-order valence-electron chi connectivity index (χ4n) is 1.72. The smallest absolute Gasteiger partial charge is 0.126 e. The lowest BCUT2D eigenvalue weighted by Gasteiger charge is -2.03. The first-order valence-electron chi connectivity index (χ1n) is 5.99. The van der Waals surface area contributed by atoms with Crippen molar-refractivity contribution in [1.82, 2.24) is 0 Å². The third kappa shape index (κ3) is 4.46. The summed E-state index contributed by atoms with van der Waals surface area (Å²) in [6, 6.07) is 5.59. The molecule has 0 aromatic heterocycles. The molecule has 0 unspecified atom stereocenters. The Morgan fingerprint density at radius 2 is 1.80 bits per heavy atom. The minimum atomic E-state index is -0.0685. The van der Waals surface area contributed by atoms with Crippen molar-refractivity contribution in [3.8, 4) is 0 Å². The molecule has 1 heteroatoms. The number of benzene rings is 1. The van der Waals surface area contributed by atoms with E-state index in [2.05, 4.69) is 6.92 Å². The van der Waals surface area contributed by atoms with Gasteiger partial charge in [0.25, 0.3) is 0 Å². The largest absolute Gasteiger partial charge is 0.207 e. The van der Waals surface area contributed by atoms with E-state index < -0.39 is 0 Å². The van der Waals surface area contributed by atoms with Gasteiger partial charge in [0.1, 0.15) is 5.82 Å². The minimum absolute atomic E-state index is 0.0685. The van der Waals surface area contributed by atoms with E-state index in [9.17, 15) is 4.39 Å². The van der Waals surface area contributed by atoms with Crippen molar-refractivity contribution in [1.29, 1.82) is 0 Å². The molecule has 1 aromatic rings. The van der Waals surface area contributed by atoms with E-state index in [1.54, 1.807) is 13.0 Å². The maximum Gasteiger partial charge on any atom is 0.126 e. The average Bonchev–Trinajstić information content (AvgIpc) is 2.23. The van der Waals surface area contributed by atoms with E-state index in [1.807, 2.05) is 12.1 Å². The Hall–Kier alpha value is -0.850. The number of aryl methyl sites for hydroxylation is 2. The van der Waals surface area contributed by atoms with Crippen molar-refractivity contribution in [2.75, 3.05) is 0 Å². The molecule has 0 heterocycles. The monoisotopic (exact) mass is 208 g/mol. The topological polar surface area (TPSA) is 0 Å². The average molecular weight is 208 g/mol. The molecule has 0 fully saturated rings. The summed E-state index contributed by atoms with van der Waals surface area (Å²) in [5.74, 6) is -0.0685. The van der Waals surface area contributed by atoms with Crippen LogP contribution in [0.15, 0.2) is 18.2 Å². The molecule has 0 aliphatic heterocycles. The molecule has 0 N–H and O–H groups in total. The van der Waals surface area contributed by atoms with Gasteiger partial charge < -0.3 is 0 Å². The zero-order chi connectivity index (χ0) is 11.1. The van der Waals surface area contributed by atoms with Gasteiger partial charge in [0.15, 0.2) is 0 Å². The molecule has 0 saturated heterocycles. The summed E-state index contributed by atoms with van der Waals surface area (Å²) in [6.45, 7) is 4.02. The summed E-state index contributed by atoms with van der Waals surface area (Å²) >= 11 is 0. The Kier molecular flexibility index (Phi) is 5.38. The summed E-state index contributed by atoms with van der Waals surface area (Å²) < 4.78 is 13.2. The van der Waals surface area contributed by atoms with Crippen LogP contribution >= 0.6 is 0 Å². The molecule has 0 amide bonds. The summed E-state index contributed by atoms with van der Waals surface area (Å²) in [5, 5.41) is 0. The summed E-state index contributed by atoms with van der Waals surface area (Å²) in [5.41, 5.74) is 1.87. The first kappa shape index (κ1) is 12.2. The van der Waals surface area contributed by atoms with Crippen LogP contribution < -0.4 is 0 Å². The second-order valence-corrected chi connectivity index (χ2v) is 4.25. The van der Waals surface area contributed by atoms with Gasteiger partial charge in [-0.2, -0.15) is 0 Å². The second kappa shape index (κ2) is 6.60. The summed E-state index contributed by atoms with van der Waals surface area (Å²) in [6.07, 6.45) is 7.37. The number of rotatable bonds is 6. The van der Waals surface area contributed by atoms with Crippen LogP contribution in [0.25, 0.3) is 0 Å². The van der Waals surface area contributed by atoms with Gasteiger partial charge in [-0.15, -0.1) is 0 Å². The maximum absolute atomic E-state index is 13.2. The predicted molar refractivity (Wildman–Crippen MR) is 63.6 cm³/mol. The minimum Gasteiger partial charge on any atom is -0.207 e. The molecule has 1 rings (SSSR count). The lowest BCUT2D eigenvalue weighted by Crippen LogP contribution is -1.89. The number of hydrogen-bond donors (Lipinski definition) is 0. The van der Waals surface area contributed by atoms with Gasteiger partial charge in [-0.1, -0.05) is 44.7 Å². The number of unbranched alkanes of at least 4 members (excludes halogenated alkanes) is 4. The van der Waals surface area contributed by atoms with Crippen molar-refractivity contribution in [3.05, 3.63) is 35.1 Å². The highest BCUT2D eigenvalue weighted by molar-refractivity contribution is 5.23. The number of hydrogen-bond acceptors (Lipinski definition) is 0. The van der Waals surface area contributed by atoms with Crippen molar-refractivity contribution in [3.63, 3.8) is 0 Å². The number of halogens is 1. The lowest BCUT2D eigenvalue weighted by molar-refractivity contribution is 0.609. The van der Waals surface area contributed by atoms with Gasteiger partial charge in [0.05, 0.1) is 0 Å². The van der Waals surface area contributed by atoms with Crippen molar-refractivity contribution >= 4 is 0 Å². The van der Waals surface area contributed by atoms with Crippen molar-refractivity contribution in [2.24, 2.45) is 0 Å². The fraction of sp³-hybridized carbons (Fsp3) is 0.571. The highest BCUT2D eigenvalue weighted by atomic mass is 19.1. The Labute approximate surface area is 92.5 Å². The Balaban J connectivity index is 2.28. The van der Waals surface area contributed by atoms with Crippen molar-refractivity contribution < 1.29 is 4.39 Å². The van der Waals surface area contributed by atoms with Crippen LogP contribution in [0.1, 0.15) is 50.2 Å². The van der Waals surface area contributed by atoms with Crippen LogP contribution in [0.3, 0.4) is 0 Å². The van der Waals surface area contributed by atoms with Crippen LogP contribution in [0, 0.1) is 12.7 Å². The van der Waals surface area contributed by atoms with Gasteiger partial charge in [-0.25, -0.2) is 4.39 Å². The molecular formula is C14H21F. The standard InChI is InChI=1S/C14H21F/c1-3-4-5-6-7-8-13-10-9-12(2)14(15)11-13/h9-11H,3-8H2,1-2H3. The van der Waals surface area contributed by atoms with E-state index in [4.69, 9.17) is 0 Å². The fourth-order valence-corrected chi connectivity index (χ4v) is 1.72. The van der Waals surface area contributed by atoms with Crippen LogP contribution in [-0.2, 0) is 6.42 Å². The van der Waals surface area contributed by atoms with E-state index >= 15 is 0 Å². The Morgan fingerprint density at radius 1 is 1.07 bits per heavy atom. The predicted octanol–water partition coefficient (Wildman–Crippen LogP) is 4.65. The molecule has 0 atom stereocenters. The van der Waals surface area contributed by atoms with Gasteiger partial charge in [0.2, 0.25) is 0 Å². The van der Waals surface area contributed by atoms with Gasteiger partial charge in [-0.05, 0) is 37.0 Å². The third-order valence-corrected chi connectivity index (χ3v) is 2.81. The molecule has 0 nitrogen and oxygen atoms in total. The van der Waals surface area contributed by atoms with E-state index in [0.717, 1.165) is 17.5 Å².